The molecule has 1 aromatic rings. The lowest BCUT2D eigenvalue weighted by molar-refractivity contribution is -0.125. The van der Waals surface area contributed by atoms with Crippen molar-refractivity contribution in [2.45, 2.75) is 43.7 Å². The van der Waals surface area contributed by atoms with Crippen LogP contribution in [0.3, 0.4) is 0 Å². The third-order valence-corrected chi connectivity index (χ3v) is 5.24. The maximum atomic E-state index is 12.5. The minimum absolute atomic E-state index is 0.143. The van der Waals surface area contributed by atoms with Gasteiger partial charge in [-0.2, -0.15) is 0 Å². The fourth-order valence-corrected chi connectivity index (χ4v) is 3.71. The van der Waals surface area contributed by atoms with Crippen molar-refractivity contribution in [3.63, 3.8) is 0 Å². The van der Waals surface area contributed by atoms with Crippen molar-refractivity contribution >= 4 is 21.8 Å². The van der Waals surface area contributed by atoms with Crippen molar-refractivity contribution in [2.75, 3.05) is 19.8 Å². The number of benzene rings is 1. The number of hydrogen-bond donors (Lipinski definition) is 2. The minimum Gasteiger partial charge on any atom is -0.381 e. The van der Waals surface area contributed by atoms with Crippen LogP contribution in [0.1, 0.15) is 37.7 Å². The first-order chi connectivity index (χ1) is 10.7. The first-order valence-electron chi connectivity index (χ1n) is 8.06. The Morgan fingerprint density at radius 1 is 1.32 bits per heavy atom. The molecule has 0 radical (unpaired) electrons. The minimum atomic E-state index is -0.283. The maximum absolute atomic E-state index is 12.5. The Bertz CT molecular complexity index is 506. The summed E-state index contributed by atoms with van der Waals surface area (Å²) in [5.41, 5.74) is 0.890. The highest BCUT2D eigenvalue weighted by Crippen LogP contribution is 2.33. The number of nitrogens with one attached hydrogen (secondary N) is 2. The van der Waals surface area contributed by atoms with E-state index in [-0.39, 0.29) is 11.4 Å². The Morgan fingerprint density at radius 2 is 2.05 bits per heavy atom. The zero-order valence-electron chi connectivity index (χ0n) is 12.7. The summed E-state index contributed by atoms with van der Waals surface area (Å²) in [6.45, 7) is 2.42. The van der Waals surface area contributed by atoms with E-state index in [1.54, 1.807) is 0 Å². The zero-order chi connectivity index (χ0) is 15.4. The van der Waals surface area contributed by atoms with Crippen molar-refractivity contribution < 1.29 is 9.53 Å². The highest BCUT2D eigenvalue weighted by molar-refractivity contribution is 9.10. The summed E-state index contributed by atoms with van der Waals surface area (Å²) < 4.78 is 6.57. The summed E-state index contributed by atoms with van der Waals surface area (Å²) in [6.07, 6.45) is 4.50. The molecule has 2 fully saturated rings. The van der Waals surface area contributed by atoms with E-state index in [1.807, 2.05) is 12.1 Å². The third kappa shape index (κ3) is 3.70. The first-order valence-corrected chi connectivity index (χ1v) is 8.85. The fourth-order valence-electron chi connectivity index (χ4n) is 3.45. The van der Waals surface area contributed by atoms with Gasteiger partial charge < -0.3 is 15.4 Å². The maximum Gasteiger partial charge on any atom is 0.222 e. The standard InChI is InChI=1S/C17H23BrN2O2/c18-14-5-3-13(4-6-14)17(7-10-22-11-8-17)20-16(21)12-15-2-1-9-19-15/h3-6,15,19H,1-2,7-12H2,(H,20,21). The Hall–Kier alpha value is -0.910. The summed E-state index contributed by atoms with van der Waals surface area (Å²) in [5.74, 6) is 0.143. The largest absolute Gasteiger partial charge is 0.381 e. The van der Waals surface area contributed by atoms with E-state index in [1.165, 1.54) is 12.0 Å². The second kappa shape index (κ2) is 7.11. The van der Waals surface area contributed by atoms with Crippen molar-refractivity contribution in [2.24, 2.45) is 0 Å². The van der Waals surface area contributed by atoms with Gasteiger partial charge in [-0.3, -0.25) is 4.79 Å². The summed E-state index contributed by atoms with van der Waals surface area (Å²) in [6, 6.07) is 8.61. The number of amides is 1. The molecule has 0 bridgehead atoms. The van der Waals surface area contributed by atoms with Gasteiger partial charge in [0.25, 0.3) is 0 Å². The number of rotatable bonds is 4. The molecule has 1 amide bonds. The first kappa shape index (κ1) is 16.0. The van der Waals surface area contributed by atoms with Gasteiger partial charge >= 0.3 is 0 Å². The van der Waals surface area contributed by atoms with E-state index in [4.69, 9.17) is 4.74 Å². The van der Waals surface area contributed by atoms with E-state index in [9.17, 15) is 4.79 Å². The second-order valence-electron chi connectivity index (χ2n) is 6.25. The molecular weight excluding hydrogens is 344 g/mol. The summed E-state index contributed by atoms with van der Waals surface area (Å²) in [5, 5.41) is 6.71. The Labute approximate surface area is 140 Å². The predicted molar refractivity (Wildman–Crippen MR) is 89.7 cm³/mol. The molecule has 2 aliphatic rings. The molecule has 1 unspecified atom stereocenters. The molecule has 2 N–H and O–H groups in total. The van der Waals surface area contributed by atoms with Gasteiger partial charge in [0.15, 0.2) is 0 Å². The Kier molecular flexibility index (Phi) is 5.16. The molecule has 5 heteroatoms. The number of halogens is 1. The Morgan fingerprint density at radius 3 is 2.68 bits per heavy atom. The van der Waals surface area contributed by atoms with Crippen LogP contribution in [0.5, 0.6) is 0 Å². The van der Waals surface area contributed by atoms with Gasteiger partial charge in [-0.05, 0) is 49.9 Å². The molecule has 2 saturated heterocycles. The van der Waals surface area contributed by atoms with Crippen LogP contribution in [-0.2, 0) is 15.1 Å². The van der Waals surface area contributed by atoms with E-state index >= 15 is 0 Å². The molecule has 0 spiro atoms. The number of ether oxygens (including phenoxy) is 1. The quantitative estimate of drug-likeness (QED) is 0.861. The molecule has 1 aromatic carbocycles. The van der Waals surface area contributed by atoms with Crippen molar-refractivity contribution in [1.29, 1.82) is 0 Å². The molecule has 4 nitrogen and oxygen atoms in total. The molecule has 22 heavy (non-hydrogen) atoms. The van der Waals surface area contributed by atoms with E-state index < -0.39 is 0 Å². The van der Waals surface area contributed by atoms with Gasteiger partial charge in [0.2, 0.25) is 5.91 Å². The van der Waals surface area contributed by atoms with Crippen LogP contribution in [0.15, 0.2) is 28.7 Å². The van der Waals surface area contributed by atoms with Gasteiger partial charge in [0.1, 0.15) is 0 Å². The molecule has 0 aromatic heterocycles. The fraction of sp³-hybridized carbons (Fsp3) is 0.588. The molecule has 0 aliphatic carbocycles. The van der Waals surface area contributed by atoms with Crippen LogP contribution in [0.25, 0.3) is 0 Å². The average molecular weight is 367 g/mol. The lowest BCUT2D eigenvalue weighted by atomic mass is 9.82. The monoisotopic (exact) mass is 366 g/mol. The molecule has 2 heterocycles. The molecule has 0 saturated carbocycles. The molecule has 2 aliphatic heterocycles. The summed E-state index contributed by atoms with van der Waals surface area (Å²) >= 11 is 3.48. The molecular formula is C17H23BrN2O2. The van der Waals surface area contributed by atoms with Crippen molar-refractivity contribution in [3.05, 3.63) is 34.3 Å². The van der Waals surface area contributed by atoms with E-state index in [0.29, 0.717) is 25.7 Å². The highest BCUT2D eigenvalue weighted by atomic mass is 79.9. The van der Waals surface area contributed by atoms with E-state index in [2.05, 4.69) is 38.7 Å². The lowest BCUT2D eigenvalue weighted by Crippen LogP contribution is -2.50. The van der Waals surface area contributed by atoms with Crippen LogP contribution < -0.4 is 10.6 Å². The van der Waals surface area contributed by atoms with Gasteiger partial charge in [-0.25, -0.2) is 0 Å². The smallest absolute Gasteiger partial charge is 0.222 e. The summed E-state index contributed by atoms with van der Waals surface area (Å²) in [7, 11) is 0. The summed E-state index contributed by atoms with van der Waals surface area (Å²) in [4.78, 5) is 12.5. The number of hydrogen-bond acceptors (Lipinski definition) is 3. The van der Waals surface area contributed by atoms with Gasteiger partial charge in [-0.15, -0.1) is 0 Å². The lowest BCUT2D eigenvalue weighted by Gasteiger charge is -2.39. The number of carbonyl (C=O) groups is 1. The SMILES string of the molecule is O=C(CC1CCCN1)NC1(c2ccc(Br)cc2)CCOCC1. The van der Waals surface area contributed by atoms with Crippen LogP contribution in [0.2, 0.25) is 0 Å². The van der Waals surface area contributed by atoms with Crippen LogP contribution in [0, 0.1) is 0 Å². The van der Waals surface area contributed by atoms with Crippen LogP contribution in [0.4, 0.5) is 0 Å². The molecule has 3 rings (SSSR count). The Balaban J connectivity index is 1.73. The van der Waals surface area contributed by atoms with Gasteiger partial charge in [0.05, 0.1) is 5.54 Å². The van der Waals surface area contributed by atoms with Gasteiger partial charge in [-0.1, -0.05) is 28.1 Å². The van der Waals surface area contributed by atoms with E-state index in [0.717, 1.165) is 30.3 Å². The highest BCUT2D eigenvalue weighted by Gasteiger charge is 2.36. The zero-order valence-corrected chi connectivity index (χ0v) is 14.3. The topological polar surface area (TPSA) is 50.4 Å². The van der Waals surface area contributed by atoms with Crippen LogP contribution in [-0.4, -0.2) is 31.7 Å². The normalized spacial score (nSPS) is 24.1. The predicted octanol–water partition coefficient (Wildman–Crippen LogP) is 2.71. The van der Waals surface area contributed by atoms with Crippen LogP contribution >= 0.6 is 15.9 Å². The molecule has 1 atom stereocenters. The average Bonchev–Trinajstić information content (AvgIpc) is 3.01. The van der Waals surface area contributed by atoms with Gasteiger partial charge in [0, 0.05) is 30.1 Å². The van der Waals surface area contributed by atoms with Crippen molar-refractivity contribution in [1.82, 2.24) is 10.6 Å². The second-order valence-corrected chi connectivity index (χ2v) is 7.16. The molecule has 120 valence electrons. The van der Waals surface area contributed by atoms with Crippen molar-refractivity contribution in [3.8, 4) is 0 Å². The number of carbonyl (C=O) groups excluding carboxylic acids is 1. The third-order valence-electron chi connectivity index (χ3n) is 4.72.